The molecule has 0 bridgehead atoms. The van der Waals surface area contributed by atoms with Crippen molar-refractivity contribution in [3.05, 3.63) is 128 Å². The van der Waals surface area contributed by atoms with Crippen LogP contribution in [0.25, 0.3) is 5.69 Å². The van der Waals surface area contributed by atoms with Crippen LogP contribution in [0.3, 0.4) is 0 Å². The van der Waals surface area contributed by atoms with Crippen molar-refractivity contribution in [1.82, 2.24) is 15.0 Å². The Morgan fingerprint density at radius 2 is 1.74 bits per heavy atom. The van der Waals surface area contributed by atoms with Crippen LogP contribution in [0.4, 0.5) is 5.69 Å². The number of hydrogen-bond acceptors (Lipinski definition) is 8. The number of nitrogens with one attached hydrogen (secondary N) is 1. The zero-order valence-corrected chi connectivity index (χ0v) is 24.3. The summed E-state index contributed by atoms with van der Waals surface area (Å²) >= 11 is 12.6. The predicted octanol–water partition coefficient (Wildman–Crippen LogP) is 7.43. The maximum atomic E-state index is 12.5. The molecule has 0 atom stereocenters. The molecule has 1 N–H and O–H groups in total. The predicted molar refractivity (Wildman–Crippen MR) is 161 cm³/mol. The number of benzene rings is 2. The second-order valence-electron chi connectivity index (χ2n) is 9.23. The van der Waals surface area contributed by atoms with E-state index >= 15 is 0 Å². The summed E-state index contributed by atoms with van der Waals surface area (Å²) in [6.45, 7) is 4.24. The molecule has 11 nitrogen and oxygen atoms in total. The smallest absolute Gasteiger partial charge is 0.307 e. The summed E-state index contributed by atoms with van der Waals surface area (Å²) in [6.07, 6.45) is 2.40. The normalized spacial score (nSPS) is 11.1. The number of carbonyl (C=O) groups is 1. The maximum Gasteiger partial charge on any atom is 0.307 e. The number of rotatable bonds is 10. The molecule has 43 heavy (non-hydrogen) atoms. The number of carbonyl (C=O) groups excluding carboxylic acids is 1. The van der Waals surface area contributed by atoms with Gasteiger partial charge in [-0.05, 0) is 80.1 Å². The topological polar surface area (TPSA) is 134 Å². The molecule has 0 aliphatic carbocycles. The van der Waals surface area contributed by atoms with Crippen LogP contribution in [0.1, 0.15) is 33.3 Å². The van der Waals surface area contributed by atoms with E-state index in [1.54, 1.807) is 6.07 Å². The average molecular weight is 620 g/mol. The number of nitro groups is 1. The zero-order valence-electron chi connectivity index (χ0n) is 22.8. The number of hydrazone groups is 1. The molecule has 0 radical (unpaired) electrons. The first-order valence-corrected chi connectivity index (χ1v) is 13.5. The van der Waals surface area contributed by atoms with Crippen LogP contribution in [-0.4, -0.2) is 26.6 Å². The van der Waals surface area contributed by atoms with E-state index in [0.29, 0.717) is 17.1 Å². The third-order valence-corrected chi connectivity index (χ3v) is 6.73. The molecule has 3 heterocycles. The highest BCUT2D eigenvalue weighted by Gasteiger charge is 2.14. The minimum absolute atomic E-state index is 0.0556. The standard InChI is InChI=1S/C30H23Cl2N5O6/c1-18-3-4-19(2)36(18)21-5-8-23(9-6-21)41-17-24-10-11-27(42-24)30(38)35-34-15-20-13-25(31)29(26(32)14-20)43-28-12-7-22(16-33-28)37(39)40/h3-16H,17H2,1-2H3,(H,35,38)/b34-15+. The van der Waals surface area contributed by atoms with Gasteiger partial charge in [-0.1, -0.05) is 23.2 Å². The molecule has 0 unspecified atom stereocenters. The van der Waals surface area contributed by atoms with E-state index in [9.17, 15) is 14.9 Å². The Labute approximate surface area is 255 Å². The molecule has 2 aromatic carbocycles. The van der Waals surface area contributed by atoms with Crippen molar-refractivity contribution in [1.29, 1.82) is 0 Å². The first kappa shape index (κ1) is 29.4. The van der Waals surface area contributed by atoms with Crippen LogP contribution in [0.5, 0.6) is 17.4 Å². The van der Waals surface area contributed by atoms with Crippen molar-refractivity contribution in [2.75, 3.05) is 0 Å². The van der Waals surface area contributed by atoms with Gasteiger partial charge in [0.1, 0.15) is 24.3 Å². The summed E-state index contributed by atoms with van der Waals surface area (Å²) in [5.41, 5.74) is 6.00. The highest BCUT2D eigenvalue weighted by molar-refractivity contribution is 6.37. The number of aryl methyl sites for hydroxylation is 2. The summed E-state index contributed by atoms with van der Waals surface area (Å²) < 4.78 is 19.1. The number of nitrogens with zero attached hydrogens (tertiary/aromatic N) is 4. The van der Waals surface area contributed by atoms with Crippen LogP contribution in [0, 0.1) is 24.0 Å². The van der Waals surface area contributed by atoms with E-state index in [0.717, 1.165) is 23.3 Å². The molecule has 13 heteroatoms. The van der Waals surface area contributed by atoms with Gasteiger partial charge in [0.15, 0.2) is 11.5 Å². The first-order valence-electron chi connectivity index (χ1n) is 12.8. The van der Waals surface area contributed by atoms with Crippen LogP contribution in [0.2, 0.25) is 10.0 Å². The first-order chi connectivity index (χ1) is 20.7. The summed E-state index contributed by atoms with van der Waals surface area (Å²) in [6, 6.07) is 20.6. The van der Waals surface area contributed by atoms with Crippen LogP contribution in [0.15, 0.2) is 88.5 Å². The second kappa shape index (κ2) is 12.8. The van der Waals surface area contributed by atoms with Crippen molar-refractivity contribution < 1.29 is 23.6 Å². The third-order valence-electron chi connectivity index (χ3n) is 6.17. The fraction of sp³-hybridized carbons (Fsp3) is 0.100. The van der Waals surface area contributed by atoms with E-state index in [1.807, 2.05) is 24.3 Å². The second-order valence-corrected chi connectivity index (χ2v) is 10.0. The van der Waals surface area contributed by atoms with Crippen LogP contribution < -0.4 is 14.9 Å². The van der Waals surface area contributed by atoms with Crippen LogP contribution >= 0.6 is 23.2 Å². The average Bonchev–Trinajstić information content (AvgIpc) is 3.60. The van der Waals surface area contributed by atoms with E-state index in [-0.39, 0.29) is 39.7 Å². The minimum atomic E-state index is -0.573. The molecule has 0 fully saturated rings. The number of ether oxygens (including phenoxy) is 2. The highest BCUT2D eigenvalue weighted by atomic mass is 35.5. The van der Waals surface area contributed by atoms with Gasteiger partial charge in [0.2, 0.25) is 5.88 Å². The van der Waals surface area contributed by atoms with E-state index in [2.05, 4.69) is 46.1 Å². The monoisotopic (exact) mass is 619 g/mol. The van der Waals surface area contributed by atoms with Gasteiger partial charge in [0.25, 0.3) is 5.69 Å². The van der Waals surface area contributed by atoms with Gasteiger partial charge in [-0.3, -0.25) is 14.9 Å². The van der Waals surface area contributed by atoms with Gasteiger partial charge in [-0.15, -0.1) is 0 Å². The Bertz CT molecular complexity index is 1770. The lowest BCUT2D eigenvalue weighted by atomic mass is 10.2. The summed E-state index contributed by atoms with van der Waals surface area (Å²) in [4.78, 5) is 26.6. The van der Waals surface area contributed by atoms with Gasteiger partial charge in [-0.25, -0.2) is 10.4 Å². The van der Waals surface area contributed by atoms with E-state index < -0.39 is 10.8 Å². The fourth-order valence-corrected chi connectivity index (χ4v) is 4.70. The molecule has 218 valence electrons. The summed E-state index contributed by atoms with van der Waals surface area (Å²) in [7, 11) is 0. The minimum Gasteiger partial charge on any atom is -0.486 e. The Hall–Kier alpha value is -5.13. The molecule has 0 aliphatic rings. The number of aromatic nitrogens is 2. The lowest BCUT2D eigenvalue weighted by molar-refractivity contribution is -0.385. The molecule has 1 amide bonds. The Balaban J connectivity index is 1.14. The number of furan rings is 1. The molecule has 3 aromatic heterocycles. The molecule has 5 rings (SSSR count). The number of amides is 1. The Morgan fingerprint density at radius 3 is 2.37 bits per heavy atom. The molecular weight excluding hydrogens is 597 g/mol. The molecular formula is C30H23Cl2N5O6. The lowest BCUT2D eigenvalue weighted by Crippen LogP contribution is -2.16. The number of hydrogen-bond donors (Lipinski definition) is 1. The van der Waals surface area contributed by atoms with Gasteiger partial charge in [0.05, 0.1) is 21.2 Å². The molecule has 0 aliphatic heterocycles. The lowest BCUT2D eigenvalue weighted by Gasteiger charge is -2.10. The highest BCUT2D eigenvalue weighted by Crippen LogP contribution is 2.36. The van der Waals surface area contributed by atoms with Crippen LogP contribution in [-0.2, 0) is 6.61 Å². The van der Waals surface area contributed by atoms with Crippen molar-refractivity contribution >= 4 is 41.0 Å². The van der Waals surface area contributed by atoms with Gasteiger partial charge in [0, 0.05) is 29.2 Å². The fourth-order valence-electron chi connectivity index (χ4n) is 4.12. The van der Waals surface area contributed by atoms with Crippen molar-refractivity contribution in [3.63, 3.8) is 0 Å². The SMILES string of the molecule is Cc1ccc(C)n1-c1ccc(OCc2ccc(C(=O)N/N=C/c3cc(Cl)c(Oc4ccc([N+](=O)[O-])cn4)c(Cl)c3)o2)cc1. The third kappa shape index (κ3) is 7.03. The Morgan fingerprint density at radius 1 is 1.05 bits per heavy atom. The molecule has 0 spiro atoms. The largest absolute Gasteiger partial charge is 0.486 e. The zero-order chi connectivity index (χ0) is 30.5. The quantitative estimate of drug-likeness (QED) is 0.0975. The number of pyridine rings is 1. The molecule has 5 aromatic rings. The van der Waals surface area contributed by atoms with Crippen molar-refractivity contribution in [2.24, 2.45) is 5.10 Å². The Kier molecular flexibility index (Phi) is 8.74. The van der Waals surface area contributed by atoms with E-state index in [4.69, 9.17) is 37.1 Å². The van der Waals surface area contributed by atoms with E-state index in [1.165, 1.54) is 36.5 Å². The molecule has 0 saturated carbocycles. The summed E-state index contributed by atoms with van der Waals surface area (Å²) in [5.74, 6) is 0.800. The summed E-state index contributed by atoms with van der Waals surface area (Å²) in [5, 5.41) is 15.0. The van der Waals surface area contributed by atoms with Gasteiger partial charge >= 0.3 is 5.91 Å². The number of halogens is 2. The molecule has 0 saturated heterocycles. The van der Waals surface area contributed by atoms with Crippen molar-refractivity contribution in [3.8, 4) is 23.1 Å². The van der Waals surface area contributed by atoms with Gasteiger partial charge in [-0.2, -0.15) is 5.10 Å². The van der Waals surface area contributed by atoms with Crippen molar-refractivity contribution in [2.45, 2.75) is 20.5 Å². The maximum absolute atomic E-state index is 12.5. The van der Waals surface area contributed by atoms with Gasteiger partial charge < -0.3 is 18.5 Å².